The minimum absolute atomic E-state index is 0.0226. The van der Waals surface area contributed by atoms with Crippen LogP contribution in [0.4, 0.5) is 5.13 Å². The highest BCUT2D eigenvalue weighted by Gasteiger charge is 2.07. The maximum Gasteiger partial charge on any atom is 0.226 e. The van der Waals surface area contributed by atoms with Crippen molar-refractivity contribution in [1.29, 1.82) is 0 Å². The summed E-state index contributed by atoms with van der Waals surface area (Å²) < 4.78 is 5.01. The lowest BCUT2D eigenvalue weighted by molar-refractivity contribution is -0.121. The van der Waals surface area contributed by atoms with Crippen molar-refractivity contribution >= 4 is 22.4 Å². The molecule has 1 rings (SSSR count). The maximum atomic E-state index is 11.4. The Morgan fingerprint density at radius 3 is 3.07 bits per heavy atom. The van der Waals surface area contributed by atoms with Gasteiger partial charge in [-0.05, 0) is 6.92 Å². The molecule has 0 aromatic carbocycles. The molecule has 1 heterocycles. The number of hydrogen-bond donors (Lipinski definition) is 2. The second-order valence-corrected chi connectivity index (χ2v) is 4.09. The molecule has 6 heteroatoms. The molecule has 84 valence electrons. The molecule has 3 N–H and O–H groups in total. The Bertz CT molecular complexity index is 327. The van der Waals surface area contributed by atoms with Crippen LogP contribution < -0.4 is 11.1 Å². The first kappa shape index (κ1) is 11.9. The molecule has 0 aliphatic heterocycles. The maximum absolute atomic E-state index is 11.4. The Kier molecular flexibility index (Phi) is 4.51. The van der Waals surface area contributed by atoms with Crippen molar-refractivity contribution in [2.45, 2.75) is 19.4 Å². The number of thiazole rings is 1. The number of nitrogens with two attached hydrogens (primary N) is 1. The van der Waals surface area contributed by atoms with Crippen molar-refractivity contribution in [1.82, 2.24) is 10.3 Å². The van der Waals surface area contributed by atoms with Crippen LogP contribution in [-0.2, 0) is 16.0 Å². The van der Waals surface area contributed by atoms with Crippen molar-refractivity contribution in [3.8, 4) is 0 Å². The first-order chi connectivity index (χ1) is 7.11. The highest BCUT2D eigenvalue weighted by Crippen LogP contribution is 2.11. The molecule has 0 bridgehead atoms. The normalized spacial score (nSPS) is 12.4. The second-order valence-electron chi connectivity index (χ2n) is 3.20. The zero-order chi connectivity index (χ0) is 11.3. The zero-order valence-electron chi connectivity index (χ0n) is 8.82. The Labute approximate surface area is 92.6 Å². The number of amides is 1. The minimum atomic E-state index is -0.0656. The second kappa shape index (κ2) is 5.67. The summed E-state index contributed by atoms with van der Waals surface area (Å²) in [4.78, 5) is 15.4. The molecule has 1 atom stereocenters. The summed E-state index contributed by atoms with van der Waals surface area (Å²) in [6.07, 6.45) is 0.291. The fourth-order valence-electron chi connectivity index (χ4n) is 0.972. The van der Waals surface area contributed by atoms with Crippen LogP contribution in [0.3, 0.4) is 0 Å². The molecule has 1 amide bonds. The van der Waals surface area contributed by atoms with Crippen LogP contribution in [0, 0.1) is 0 Å². The summed E-state index contributed by atoms with van der Waals surface area (Å²) in [6.45, 7) is 2.40. The van der Waals surface area contributed by atoms with Crippen molar-refractivity contribution in [2.24, 2.45) is 0 Å². The van der Waals surface area contributed by atoms with E-state index in [1.54, 1.807) is 12.5 Å². The highest BCUT2D eigenvalue weighted by molar-refractivity contribution is 7.13. The smallest absolute Gasteiger partial charge is 0.226 e. The van der Waals surface area contributed by atoms with Gasteiger partial charge in [0.1, 0.15) is 0 Å². The molecular weight excluding hydrogens is 214 g/mol. The number of carbonyl (C=O) groups is 1. The average molecular weight is 229 g/mol. The number of ether oxygens (including phenoxy) is 1. The topological polar surface area (TPSA) is 77.2 Å². The fraction of sp³-hybridized carbons (Fsp3) is 0.556. The molecule has 0 radical (unpaired) electrons. The van der Waals surface area contributed by atoms with Crippen LogP contribution in [0.5, 0.6) is 0 Å². The summed E-state index contributed by atoms with van der Waals surface area (Å²) in [6, 6.07) is 0. The van der Waals surface area contributed by atoms with Gasteiger partial charge in [-0.15, -0.1) is 11.3 Å². The fourth-order valence-corrected chi connectivity index (χ4v) is 1.53. The molecule has 0 aliphatic rings. The Hall–Kier alpha value is -1.14. The zero-order valence-corrected chi connectivity index (χ0v) is 9.63. The number of rotatable bonds is 5. The molecule has 1 aromatic rings. The van der Waals surface area contributed by atoms with E-state index in [-0.39, 0.29) is 18.4 Å². The van der Waals surface area contributed by atoms with E-state index < -0.39 is 0 Å². The average Bonchev–Trinajstić information content (AvgIpc) is 2.60. The van der Waals surface area contributed by atoms with E-state index in [2.05, 4.69) is 10.3 Å². The quantitative estimate of drug-likeness (QED) is 0.767. The van der Waals surface area contributed by atoms with E-state index in [9.17, 15) is 4.79 Å². The van der Waals surface area contributed by atoms with Crippen LogP contribution in [0.15, 0.2) is 5.38 Å². The largest absolute Gasteiger partial charge is 0.380 e. The van der Waals surface area contributed by atoms with E-state index >= 15 is 0 Å². The third-order valence-electron chi connectivity index (χ3n) is 1.90. The summed E-state index contributed by atoms with van der Waals surface area (Å²) in [5.74, 6) is -0.0656. The Morgan fingerprint density at radius 2 is 2.53 bits per heavy atom. The van der Waals surface area contributed by atoms with E-state index in [4.69, 9.17) is 10.5 Å². The molecule has 5 nitrogen and oxygen atoms in total. The number of hydrogen-bond acceptors (Lipinski definition) is 5. The van der Waals surface area contributed by atoms with Gasteiger partial charge in [-0.25, -0.2) is 4.98 Å². The Balaban J connectivity index is 2.30. The summed E-state index contributed by atoms with van der Waals surface area (Å²) >= 11 is 1.34. The lowest BCUT2D eigenvalue weighted by Crippen LogP contribution is -2.32. The third kappa shape index (κ3) is 4.26. The van der Waals surface area contributed by atoms with Crippen LogP contribution in [0.1, 0.15) is 12.6 Å². The predicted molar refractivity (Wildman–Crippen MR) is 59.7 cm³/mol. The standard InChI is InChI=1S/C9H15N3O2S/c1-6(14-2)4-11-8(13)3-7-5-15-9(10)12-7/h5-6H,3-4H2,1-2H3,(H2,10,12)(H,11,13). The van der Waals surface area contributed by atoms with Crippen molar-refractivity contribution < 1.29 is 9.53 Å². The van der Waals surface area contributed by atoms with E-state index in [0.29, 0.717) is 17.4 Å². The lowest BCUT2D eigenvalue weighted by atomic mass is 10.3. The van der Waals surface area contributed by atoms with Gasteiger partial charge < -0.3 is 15.8 Å². The van der Waals surface area contributed by atoms with Crippen LogP contribution in [0.2, 0.25) is 0 Å². The molecule has 1 aromatic heterocycles. The van der Waals surface area contributed by atoms with E-state index in [0.717, 1.165) is 0 Å². The van der Waals surface area contributed by atoms with E-state index in [1.165, 1.54) is 11.3 Å². The number of carbonyl (C=O) groups excluding carboxylic acids is 1. The summed E-state index contributed by atoms with van der Waals surface area (Å²) in [5.41, 5.74) is 6.16. The number of nitrogen functional groups attached to an aromatic ring is 1. The first-order valence-corrected chi connectivity index (χ1v) is 5.49. The molecule has 0 saturated heterocycles. The van der Waals surface area contributed by atoms with E-state index in [1.807, 2.05) is 6.92 Å². The third-order valence-corrected chi connectivity index (χ3v) is 2.62. The van der Waals surface area contributed by atoms with Crippen LogP contribution in [0.25, 0.3) is 0 Å². The van der Waals surface area contributed by atoms with Crippen molar-refractivity contribution in [3.05, 3.63) is 11.1 Å². The van der Waals surface area contributed by atoms with Gasteiger partial charge in [0.15, 0.2) is 5.13 Å². The molecule has 15 heavy (non-hydrogen) atoms. The number of nitrogens with one attached hydrogen (secondary N) is 1. The number of methoxy groups -OCH3 is 1. The molecule has 0 spiro atoms. The summed E-state index contributed by atoms with van der Waals surface area (Å²) in [7, 11) is 1.61. The van der Waals surface area contributed by atoms with Gasteiger partial charge in [-0.2, -0.15) is 0 Å². The van der Waals surface area contributed by atoms with Crippen LogP contribution in [-0.4, -0.2) is 30.6 Å². The van der Waals surface area contributed by atoms with Gasteiger partial charge in [0, 0.05) is 19.0 Å². The van der Waals surface area contributed by atoms with Crippen molar-refractivity contribution in [3.63, 3.8) is 0 Å². The molecule has 0 saturated carbocycles. The van der Waals surface area contributed by atoms with Gasteiger partial charge in [-0.1, -0.05) is 0 Å². The van der Waals surface area contributed by atoms with Gasteiger partial charge >= 0.3 is 0 Å². The molecule has 0 fully saturated rings. The molecule has 0 aliphatic carbocycles. The van der Waals surface area contributed by atoms with Crippen molar-refractivity contribution in [2.75, 3.05) is 19.4 Å². The number of anilines is 1. The van der Waals surface area contributed by atoms with Gasteiger partial charge in [-0.3, -0.25) is 4.79 Å². The monoisotopic (exact) mass is 229 g/mol. The first-order valence-electron chi connectivity index (χ1n) is 4.61. The number of nitrogens with zero attached hydrogens (tertiary/aromatic N) is 1. The molecular formula is C9H15N3O2S. The Morgan fingerprint density at radius 1 is 1.80 bits per heavy atom. The number of aromatic nitrogens is 1. The summed E-state index contributed by atoms with van der Waals surface area (Å²) in [5, 5.41) is 5.03. The minimum Gasteiger partial charge on any atom is -0.380 e. The lowest BCUT2D eigenvalue weighted by Gasteiger charge is -2.09. The van der Waals surface area contributed by atoms with Gasteiger partial charge in [0.05, 0.1) is 18.2 Å². The van der Waals surface area contributed by atoms with Gasteiger partial charge in [0.2, 0.25) is 5.91 Å². The highest BCUT2D eigenvalue weighted by atomic mass is 32.1. The van der Waals surface area contributed by atoms with Gasteiger partial charge in [0.25, 0.3) is 0 Å². The predicted octanol–water partition coefficient (Wildman–Crippen LogP) is 0.419. The van der Waals surface area contributed by atoms with Crippen LogP contribution >= 0.6 is 11.3 Å². The molecule has 1 unspecified atom stereocenters. The SMILES string of the molecule is COC(C)CNC(=O)Cc1csc(N)n1.